The van der Waals surface area contributed by atoms with E-state index in [2.05, 4.69) is 4.98 Å². The van der Waals surface area contributed by atoms with Gasteiger partial charge in [-0.3, -0.25) is 4.98 Å². The van der Waals surface area contributed by atoms with Gasteiger partial charge in [0.25, 0.3) is 6.43 Å². The first-order chi connectivity index (χ1) is 6.60. The third-order valence-electron chi connectivity index (χ3n) is 1.65. The zero-order valence-corrected chi connectivity index (χ0v) is 7.73. The molecule has 0 fully saturated rings. The fourth-order valence-corrected chi connectivity index (χ4v) is 1.18. The summed E-state index contributed by atoms with van der Waals surface area (Å²) in [5, 5.41) is 8.71. The Balaban J connectivity index is 3.27. The number of nitrogens with zero attached hydrogens (tertiary/aromatic N) is 1. The van der Waals surface area contributed by atoms with Crippen molar-refractivity contribution in [1.82, 2.24) is 4.98 Å². The SMILES string of the molecule is OCc1nc(CCl)cc(F)c1C(F)F. The zero-order valence-electron chi connectivity index (χ0n) is 6.98. The van der Waals surface area contributed by atoms with Gasteiger partial charge in [-0.25, -0.2) is 13.2 Å². The summed E-state index contributed by atoms with van der Waals surface area (Å²) in [4.78, 5) is 3.59. The van der Waals surface area contributed by atoms with Crippen molar-refractivity contribution < 1.29 is 18.3 Å². The number of aliphatic hydroxyl groups excluding tert-OH is 1. The molecule has 1 N–H and O–H groups in total. The molecule has 0 saturated carbocycles. The van der Waals surface area contributed by atoms with Crippen LogP contribution in [0.5, 0.6) is 0 Å². The first kappa shape index (κ1) is 11.3. The minimum atomic E-state index is -2.99. The maximum atomic E-state index is 13.0. The lowest BCUT2D eigenvalue weighted by Crippen LogP contribution is -2.04. The smallest absolute Gasteiger partial charge is 0.268 e. The Hall–Kier alpha value is -0.810. The van der Waals surface area contributed by atoms with Crippen LogP contribution < -0.4 is 0 Å². The second-order valence-electron chi connectivity index (χ2n) is 2.55. The van der Waals surface area contributed by atoms with Crippen LogP contribution in [0.4, 0.5) is 13.2 Å². The van der Waals surface area contributed by atoms with E-state index in [0.29, 0.717) is 0 Å². The Morgan fingerprint density at radius 2 is 2.14 bits per heavy atom. The molecule has 78 valence electrons. The highest BCUT2D eigenvalue weighted by molar-refractivity contribution is 6.16. The van der Waals surface area contributed by atoms with Gasteiger partial charge >= 0.3 is 0 Å². The highest BCUT2D eigenvalue weighted by Gasteiger charge is 2.20. The molecule has 0 aliphatic carbocycles. The molecule has 6 heteroatoms. The van der Waals surface area contributed by atoms with Crippen molar-refractivity contribution in [2.45, 2.75) is 18.9 Å². The first-order valence-corrected chi connectivity index (χ1v) is 4.26. The van der Waals surface area contributed by atoms with Gasteiger partial charge < -0.3 is 5.11 Å². The van der Waals surface area contributed by atoms with Crippen LogP contribution in [0.2, 0.25) is 0 Å². The molecule has 0 spiro atoms. The summed E-state index contributed by atoms with van der Waals surface area (Å²) in [6.07, 6.45) is -2.99. The van der Waals surface area contributed by atoms with Crippen molar-refractivity contribution in [3.05, 3.63) is 28.8 Å². The fourth-order valence-electron chi connectivity index (χ4n) is 1.05. The van der Waals surface area contributed by atoms with Crippen LogP contribution in [-0.2, 0) is 12.5 Å². The number of alkyl halides is 3. The summed E-state index contributed by atoms with van der Waals surface area (Å²) in [6.45, 7) is -0.735. The van der Waals surface area contributed by atoms with Crippen LogP contribution in [0.3, 0.4) is 0 Å². The highest BCUT2D eigenvalue weighted by Crippen LogP contribution is 2.25. The number of rotatable bonds is 3. The average molecular weight is 226 g/mol. The molecule has 1 rings (SSSR count). The van der Waals surface area contributed by atoms with E-state index in [4.69, 9.17) is 16.7 Å². The van der Waals surface area contributed by atoms with E-state index < -0.39 is 24.4 Å². The van der Waals surface area contributed by atoms with E-state index in [-0.39, 0.29) is 17.3 Å². The van der Waals surface area contributed by atoms with E-state index in [0.717, 1.165) is 6.07 Å². The second kappa shape index (κ2) is 4.61. The molecule has 0 aliphatic heterocycles. The molecule has 0 atom stereocenters. The monoisotopic (exact) mass is 225 g/mol. The largest absolute Gasteiger partial charge is 0.390 e. The highest BCUT2D eigenvalue weighted by atomic mass is 35.5. The summed E-state index contributed by atoms with van der Waals surface area (Å²) in [7, 11) is 0. The van der Waals surface area contributed by atoms with Crippen molar-refractivity contribution in [3.8, 4) is 0 Å². The Morgan fingerprint density at radius 1 is 1.50 bits per heavy atom. The molecule has 1 aromatic heterocycles. The lowest BCUT2D eigenvalue weighted by Gasteiger charge is -2.08. The van der Waals surface area contributed by atoms with Crippen molar-refractivity contribution in [3.63, 3.8) is 0 Å². The Kier molecular flexibility index (Phi) is 3.71. The molecule has 0 radical (unpaired) electrons. The van der Waals surface area contributed by atoms with Crippen LogP contribution in [0.1, 0.15) is 23.4 Å². The number of hydrogen-bond acceptors (Lipinski definition) is 2. The third kappa shape index (κ3) is 2.16. The van der Waals surface area contributed by atoms with Gasteiger partial charge in [0.1, 0.15) is 5.82 Å². The predicted molar refractivity (Wildman–Crippen MR) is 44.6 cm³/mol. The fraction of sp³-hybridized carbons (Fsp3) is 0.375. The number of pyridine rings is 1. The standard InChI is InChI=1S/C8H7ClF3NO/c9-2-4-1-5(10)7(8(11)12)6(3-14)13-4/h1,8,14H,2-3H2. The Bertz CT molecular complexity index is 333. The van der Waals surface area contributed by atoms with Crippen molar-refractivity contribution in [2.75, 3.05) is 0 Å². The summed E-state index contributed by atoms with van der Waals surface area (Å²) >= 11 is 5.36. The van der Waals surface area contributed by atoms with Crippen molar-refractivity contribution >= 4 is 11.6 Å². The van der Waals surface area contributed by atoms with Gasteiger partial charge in [0.15, 0.2) is 0 Å². The van der Waals surface area contributed by atoms with E-state index in [1.165, 1.54) is 0 Å². The van der Waals surface area contributed by atoms with E-state index in [9.17, 15) is 13.2 Å². The van der Waals surface area contributed by atoms with Gasteiger partial charge in [0, 0.05) is 0 Å². The van der Waals surface area contributed by atoms with E-state index in [1.807, 2.05) is 0 Å². The summed E-state index contributed by atoms with van der Waals surface area (Å²) in [5.41, 5.74) is -1.10. The van der Waals surface area contributed by atoms with Crippen molar-refractivity contribution in [1.29, 1.82) is 0 Å². The van der Waals surface area contributed by atoms with Crippen LogP contribution in [-0.4, -0.2) is 10.1 Å². The molecular weight excluding hydrogens is 219 g/mol. The molecule has 2 nitrogen and oxygen atoms in total. The Labute approximate surface area is 83.3 Å². The van der Waals surface area contributed by atoms with E-state index >= 15 is 0 Å². The number of halogens is 4. The predicted octanol–water partition coefficient (Wildman–Crippen LogP) is 2.39. The van der Waals surface area contributed by atoms with Gasteiger partial charge in [-0.15, -0.1) is 11.6 Å². The molecule has 14 heavy (non-hydrogen) atoms. The van der Waals surface area contributed by atoms with Crippen LogP contribution in [0.25, 0.3) is 0 Å². The summed E-state index contributed by atoms with van der Waals surface area (Å²) < 4.78 is 37.6. The number of aromatic nitrogens is 1. The lowest BCUT2D eigenvalue weighted by atomic mass is 10.1. The molecule has 0 amide bonds. The van der Waals surface area contributed by atoms with E-state index in [1.54, 1.807) is 0 Å². The van der Waals surface area contributed by atoms with Gasteiger partial charge in [-0.05, 0) is 6.07 Å². The van der Waals surface area contributed by atoms with Crippen LogP contribution >= 0.6 is 11.6 Å². The molecule has 0 aliphatic rings. The first-order valence-electron chi connectivity index (χ1n) is 3.73. The normalized spacial score (nSPS) is 11.0. The maximum absolute atomic E-state index is 13.0. The van der Waals surface area contributed by atoms with Crippen LogP contribution in [0.15, 0.2) is 6.07 Å². The van der Waals surface area contributed by atoms with Gasteiger partial charge in [-0.1, -0.05) is 0 Å². The van der Waals surface area contributed by atoms with Gasteiger partial charge in [0.2, 0.25) is 0 Å². The van der Waals surface area contributed by atoms with Crippen LogP contribution in [0, 0.1) is 5.82 Å². The topological polar surface area (TPSA) is 33.1 Å². The number of hydrogen-bond donors (Lipinski definition) is 1. The molecule has 0 unspecified atom stereocenters. The minimum absolute atomic E-state index is 0.0898. The summed E-state index contributed by atoms with van der Waals surface area (Å²) in [6, 6.07) is 0.841. The molecule has 0 aromatic carbocycles. The van der Waals surface area contributed by atoms with Gasteiger partial charge in [0.05, 0.1) is 29.4 Å². The second-order valence-corrected chi connectivity index (χ2v) is 2.82. The molecule has 0 bridgehead atoms. The van der Waals surface area contributed by atoms with Gasteiger partial charge in [-0.2, -0.15) is 0 Å². The zero-order chi connectivity index (χ0) is 10.7. The minimum Gasteiger partial charge on any atom is -0.390 e. The number of aliphatic hydroxyl groups is 1. The summed E-state index contributed by atoms with van der Waals surface area (Å²) in [5.74, 6) is -1.18. The quantitative estimate of drug-likeness (QED) is 0.802. The average Bonchev–Trinajstić information content (AvgIpc) is 2.15. The molecule has 0 saturated heterocycles. The Morgan fingerprint density at radius 3 is 2.57 bits per heavy atom. The molecule has 1 aromatic rings. The van der Waals surface area contributed by atoms with Crippen molar-refractivity contribution in [2.24, 2.45) is 0 Å². The third-order valence-corrected chi connectivity index (χ3v) is 1.92. The molecule has 1 heterocycles. The maximum Gasteiger partial charge on any atom is 0.268 e. The molecular formula is C8H7ClF3NO. The lowest BCUT2D eigenvalue weighted by molar-refractivity contribution is 0.140.